The molecule has 2 aromatic rings. The first-order valence-electron chi connectivity index (χ1n) is 7.22. The van der Waals surface area contributed by atoms with Crippen molar-refractivity contribution in [2.24, 2.45) is 11.7 Å². The molecule has 106 valence electrons. The van der Waals surface area contributed by atoms with Crippen LogP contribution in [0.2, 0.25) is 0 Å². The van der Waals surface area contributed by atoms with Gasteiger partial charge < -0.3 is 5.73 Å². The van der Waals surface area contributed by atoms with E-state index in [0.29, 0.717) is 0 Å². The minimum atomic E-state index is 0.0443. The van der Waals surface area contributed by atoms with E-state index in [1.807, 2.05) is 44.2 Å². The van der Waals surface area contributed by atoms with Crippen LogP contribution >= 0.6 is 0 Å². The number of nitrogens with zero attached hydrogens (tertiary/aromatic N) is 1. The Balaban J connectivity index is 2.06. The lowest BCUT2D eigenvalue weighted by molar-refractivity contribution is 0.0922. The highest BCUT2D eigenvalue weighted by Gasteiger charge is 2.15. The molecule has 0 fully saturated rings. The van der Waals surface area contributed by atoms with E-state index in [2.05, 4.69) is 4.98 Å². The molecule has 0 radical (unpaired) electrons. The van der Waals surface area contributed by atoms with Crippen LogP contribution in [0.15, 0.2) is 36.5 Å². The normalized spacial score (nSPS) is 14.2. The number of aromatic nitrogens is 1. The second-order valence-corrected chi connectivity index (χ2v) is 5.58. The molecular weight excluding hydrogens is 248 g/mol. The molecule has 0 saturated carbocycles. The van der Waals surface area contributed by atoms with Crippen LogP contribution in [0, 0.1) is 5.92 Å². The monoisotopic (exact) mass is 270 g/mol. The molecule has 0 aliphatic heterocycles. The summed E-state index contributed by atoms with van der Waals surface area (Å²) in [5, 5.41) is 1.01. The minimum Gasteiger partial charge on any atom is -0.328 e. The Morgan fingerprint density at radius 1 is 1.25 bits per heavy atom. The maximum atomic E-state index is 12.4. The van der Waals surface area contributed by atoms with Gasteiger partial charge in [0.25, 0.3) is 0 Å². The summed E-state index contributed by atoms with van der Waals surface area (Å²) in [4.78, 5) is 16.7. The number of rotatable bonds is 6. The van der Waals surface area contributed by atoms with Crippen LogP contribution in [-0.2, 0) is 0 Å². The third kappa shape index (κ3) is 3.64. The van der Waals surface area contributed by atoms with Crippen molar-refractivity contribution in [3.8, 4) is 0 Å². The maximum Gasteiger partial charge on any atom is 0.165 e. The number of fused-ring (bicyclic) bond motifs is 1. The number of carbonyl (C=O) groups excluding carboxylic acids is 1. The van der Waals surface area contributed by atoms with Crippen LogP contribution in [0.1, 0.15) is 43.5 Å². The Kier molecular flexibility index (Phi) is 4.85. The largest absolute Gasteiger partial charge is 0.328 e. The summed E-state index contributed by atoms with van der Waals surface area (Å²) in [7, 11) is 0. The SMILES string of the molecule is CC(N)CCCC(C)C(=O)c1ccc2ncccc2c1. The first kappa shape index (κ1) is 14.7. The van der Waals surface area contributed by atoms with Gasteiger partial charge in [0, 0.05) is 29.1 Å². The second kappa shape index (κ2) is 6.62. The number of nitrogens with two attached hydrogens (primary N) is 1. The first-order chi connectivity index (χ1) is 9.58. The number of ketones is 1. The topological polar surface area (TPSA) is 56.0 Å². The average Bonchev–Trinajstić information content (AvgIpc) is 2.45. The first-order valence-corrected chi connectivity index (χ1v) is 7.22. The van der Waals surface area contributed by atoms with Gasteiger partial charge in [-0.05, 0) is 44.0 Å². The van der Waals surface area contributed by atoms with Gasteiger partial charge in [-0.2, -0.15) is 0 Å². The lowest BCUT2D eigenvalue weighted by atomic mass is 9.93. The van der Waals surface area contributed by atoms with Gasteiger partial charge in [-0.15, -0.1) is 0 Å². The highest BCUT2D eigenvalue weighted by atomic mass is 16.1. The number of Topliss-reactive ketones (excluding diaryl/α,β-unsaturated/α-hetero) is 1. The predicted molar refractivity (Wildman–Crippen MR) is 82.7 cm³/mol. The molecule has 0 bridgehead atoms. The van der Waals surface area contributed by atoms with Crippen molar-refractivity contribution in [3.05, 3.63) is 42.1 Å². The zero-order valence-electron chi connectivity index (χ0n) is 12.2. The molecule has 1 heterocycles. The summed E-state index contributed by atoms with van der Waals surface area (Å²) >= 11 is 0. The van der Waals surface area contributed by atoms with Gasteiger partial charge in [0.2, 0.25) is 0 Å². The second-order valence-electron chi connectivity index (χ2n) is 5.58. The summed E-state index contributed by atoms with van der Waals surface area (Å²) in [6.07, 6.45) is 4.63. The van der Waals surface area contributed by atoms with Crippen molar-refractivity contribution in [1.82, 2.24) is 4.98 Å². The van der Waals surface area contributed by atoms with Gasteiger partial charge in [0.15, 0.2) is 5.78 Å². The minimum absolute atomic E-state index is 0.0443. The maximum absolute atomic E-state index is 12.4. The standard InChI is InChI=1S/C17H22N2O/c1-12(5-3-6-13(2)18)17(20)15-8-9-16-14(11-15)7-4-10-19-16/h4,7-13H,3,5-6,18H2,1-2H3. The Morgan fingerprint density at radius 2 is 2.05 bits per heavy atom. The molecule has 2 N–H and O–H groups in total. The molecule has 20 heavy (non-hydrogen) atoms. The molecule has 2 rings (SSSR count). The molecule has 0 spiro atoms. The molecule has 0 aliphatic rings. The van der Waals surface area contributed by atoms with Crippen molar-refractivity contribution in [1.29, 1.82) is 0 Å². The van der Waals surface area contributed by atoms with Gasteiger partial charge >= 0.3 is 0 Å². The van der Waals surface area contributed by atoms with E-state index >= 15 is 0 Å². The fourth-order valence-corrected chi connectivity index (χ4v) is 2.39. The zero-order valence-corrected chi connectivity index (χ0v) is 12.2. The average molecular weight is 270 g/mol. The third-order valence-electron chi connectivity index (χ3n) is 3.63. The summed E-state index contributed by atoms with van der Waals surface area (Å²) < 4.78 is 0. The van der Waals surface area contributed by atoms with Crippen LogP contribution < -0.4 is 5.73 Å². The Morgan fingerprint density at radius 3 is 2.80 bits per heavy atom. The number of carbonyl (C=O) groups is 1. The van der Waals surface area contributed by atoms with Crippen molar-refractivity contribution in [2.45, 2.75) is 39.2 Å². The van der Waals surface area contributed by atoms with Crippen LogP contribution in [-0.4, -0.2) is 16.8 Å². The summed E-state index contributed by atoms with van der Waals surface area (Å²) in [5.41, 5.74) is 7.44. The number of pyridine rings is 1. The van der Waals surface area contributed by atoms with Crippen molar-refractivity contribution >= 4 is 16.7 Å². The Labute approximate surface area is 120 Å². The predicted octanol–water partition coefficient (Wildman–Crippen LogP) is 3.57. The molecule has 0 saturated heterocycles. The van der Waals surface area contributed by atoms with E-state index < -0.39 is 0 Å². The zero-order chi connectivity index (χ0) is 14.5. The highest BCUT2D eigenvalue weighted by Crippen LogP contribution is 2.19. The van der Waals surface area contributed by atoms with E-state index in [9.17, 15) is 4.79 Å². The molecular formula is C17H22N2O. The van der Waals surface area contributed by atoms with E-state index in [-0.39, 0.29) is 17.7 Å². The molecule has 0 aliphatic carbocycles. The highest BCUT2D eigenvalue weighted by molar-refractivity contribution is 6.00. The van der Waals surface area contributed by atoms with Crippen molar-refractivity contribution in [2.75, 3.05) is 0 Å². The van der Waals surface area contributed by atoms with E-state index in [4.69, 9.17) is 5.73 Å². The molecule has 3 heteroatoms. The van der Waals surface area contributed by atoms with E-state index in [0.717, 1.165) is 35.7 Å². The Hall–Kier alpha value is -1.74. The van der Waals surface area contributed by atoms with Gasteiger partial charge in [0.05, 0.1) is 5.52 Å². The fraction of sp³-hybridized carbons (Fsp3) is 0.412. The van der Waals surface area contributed by atoms with Crippen molar-refractivity contribution in [3.63, 3.8) is 0 Å². The van der Waals surface area contributed by atoms with Crippen LogP contribution in [0.4, 0.5) is 0 Å². The number of hydrogen-bond acceptors (Lipinski definition) is 3. The smallest absolute Gasteiger partial charge is 0.165 e. The van der Waals surface area contributed by atoms with Gasteiger partial charge in [0.1, 0.15) is 0 Å². The van der Waals surface area contributed by atoms with Crippen LogP contribution in [0.3, 0.4) is 0 Å². The molecule has 1 aromatic carbocycles. The van der Waals surface area contributed by atoms with E-state index in [1.54, 1.807) is 6.20 Å². The van der Waals surface area contributed by atoms with Gasteiger partial charge in [-0.3, -0.25) is 9.78 Å². The van der Waals surface area contributed by atoms with Gasteiger partial charge in [-0.25, -0.2) is 0 Å². The molecule has 2 atom stereocenters. The third-order valence-corrected chi connectivity index (χ3v) is 3.63. The van der Waals surface area contributed by atoms with Crippen molar-refractivity contribution < 1.29 is 4.79 Å². The molecule has 1 aromatic heterocycles. The quantitative estimate of drug-likeness (QED) is 0.816. The van der Waals surface area contributed by atoms with Crippen LogP contribution in [0.5, 0.6) is 0 Å². The summed E-state index contributed by atoms with van der Waals surface area (Å²) in [5.74, 6) is 0.253. The molecule has 0 amide bonds. The Bertz CT molecular complexity index is 592. The number of hydrogen-bond donors (Lipinski definition) is 1. The van der Waals surface area contributed by atoms with E-state index in [1.165, 1.54) is 0 Å². The summed E-state index contributed by atoms with van der Waals surface area (Å²) in [6, 6.07) is 9.82. The molecule has 2 unspecified atom stereocenters. The van der Waals surface area contributed by atoms with Gasteiger partial charge in [-0.1, -0.05) is 19.4 Å². The summed E-state index contributed by atoms with van der Waals surface area (Å²) in [6.45, 7) is 4.00. The lowest BCUT2D eigenvalue weighted by Crippen LogP contribution is -2.16. The lowest BCUT2D eigenvalue weighted by Gasteiger charge is -2.12. The fourth-order valence-electron chi connectivity index (χ4n) is 2.39. The molecule has 3 nitrogen and oxygen atoms in total. The number of benzene rings is 1. The van der Waals surface area contributed by atoms with Crippen LogP contribution in [0.25, 0.3) is 10.9 Å².